The number of para-hydroxylation sites is 2. The fraction of sp³-hybridized carbons (Fsp3) is 0.211. The maximum atomic E-state index is 5.82. The Balaban J connectivity index is 1.38. The van der Waals surface area contributed by atoms with E-state index >= 15 is 0 Å². The van der Waals surface area contributed by atoms with Gasteiger partial charge < -0.3 is 10.1 Å². The first-order valence-corrected chi connectivity index (χ1v) is 7.91. The summed E-state index contributed by atoms with van der Waals surface area (Å²) in [4.78, 5) is 0. The zero-order chi connectivity index (χ0) is 15.5. The number of ether oxygens (including phenoxy) is 1. The number of hydrogen-bond donors (Lipinski definition) is 1. The molecule has 116 valence electrons. The fourth-order valence-corrected chi connectivity index (χ4v) is 2.89. The van der Waals surface area contributed by atoms with Crippen LogP contribution in [0.25, 0.3) is 5.69 Å². The van der Waals surface area contributed by atoms with Crippen molar-refractivity contribution < 1.29 is 4.74 Å². The molecule has 1 atom stereocenters. The van der Waals surface area contributed by atoms with E-state index in [2.05, 4.69) is 40.9 Å². The van der Waals surface area contributed by atoms with Gasteiger partial charge >= 0.3 is 0 Å². The Morgan fingerprint density at radius 2 is 1.91 bits per heavy atom. The molecule has 3 aromatic rings. The molecule has 1 unspecified atom stereocenters. The molecule has 0 radical (unpaired) electrons. The summed E-state index contributed by atoms with van der Waals surface area (Å²) in [6, 6.07) is 18.7. The predicted molar refractivity (Wildman–Crippen MR) is 89.8 cm³/mol. The lowest BCUT2D eigenvalue weighted by atomic mass is 10.0. The second kappa shape index (κ2) is 6.26. The molecule has 0 fully saturated rings. The quantitative estimate of drug-likeness (QED) is 0.805. The molecule has 1 aliphatic heterocycles. The zero-order valence-corrected chi connectivity index (χ0v) is 12.9. The van der Waals surface area contributed by atoms with Crippen LogP contribution in [-0.4, -0.2) is 22.4 Å². The van der Waals surface area contributed by atoms with E-state index in [1.54, 1.807) is 0 Å². The molecule has 1 aliphatic rings. The first kappa shape index (κ1) is 14.0. The van der Waals surface area contributed by atoms with Crippen LogP contribution in [0.4, 0.5) is 0 Å². The summed E-state index contributed by atoms with van der Waals surface area (Å²) in [5, 5.41) is 8.00. The van der Waals surface area contributed by atoms with Gasteiger partial charge in [-0.3, -0.25) is 0 Å². The van der Waals surface area contributed by atoms with Crippen molar-refractivity contribution in [3.8, 4) is 11.4 Å². The number of benzene rings is 2. The summed E-state index contributed by atoms with van der Waals surface area (Å²) >= 11 is 0. The summed E-state index contributed by atoms with van der Waals surface area (Å²) in [6.07, 6.45) is 4.99. The van der Waals surface area contributed by atoms with E-state index < -0.39 is 0 Å². The van der Waals surface area contributed by atoms with E-state index in [9.17, 15) is 0 Å². The van der Waals surface area contributed by atoms with Crippen LogP contribution in [0.1, 0.15) is 11.1 Å². The Morgan fingerprint density at radius 1 is 1.09 bits per heavy atom. The highest BCUT2D eigenvalue weighted by molar-refractivity contribution is 5.35. The minimum atomic E-state index is 0.338. The van der Waals surface area contributed by atoms with Crippen molar-refractivity contribution in [2.75, 3.05) is 6.61 Å². The molecule has 4 nitrogen and oxygen atoms in total. The van der Waals surface area contributed by atoms with Crippen LogP contribution in [0.3, 0.4) is 0 Å². The molecular weight excluding hydrogens is 286 g/mol. The second-order valence-electron chi connectivity index (χ2n) is 5.83. The number of aromatic nitrogens is 2. The van der Waals surface area contributed by atoms with Crippen LogP contribution < -0.4 is 10.1 Å². The largest absolute Gasteiger partial charge is 0.492 e. The first-order valence-electron chi connectivity index (χ1n) is 7.91. The van der Waals surface area contributed by atoms with Crippen LogP contribution >= 0.6 is 0 Å². The maximum Gasteiger partial charge on any atom is 0.122 e. The maximum absolute atomic E-state index is 5.82. The molecule has 1 N–H and O–H groups in total. The van der Waals surface area contributed by atoms with Crippen molar-refractivity contribution >= 4 is 0 Å². The van der Waals surface area contributed by atoms with E-state index in [1.165, 1.54) is 11.1 Å². The fourth-order valence-electron chi connectivity index (χ4n) is 2.89. The Labute approximate surface area is 135 Å². The van der Waals surface area contributed by atoms with Crippen molar-refractivity contribution in [2.24, 2.45) is 0 Å². The van der Waals surface area contributed by atoms with E-state index in [0.717, 1.165) is 24.4 Å². The number of rotatable bonds is 4. The smallest absolute Gasteiger partial charge is 0.122 e. The number of fused-ring (bicyclic) bond motifs is 1. The number of hydrogen-bond acceptors (Lipinski definition) is 3. The van der Waals surface area contributed by atoms with Gasteiger partial charge in [0, 0.05) is 24.3 Å². The van der Waals surface area contributed by atoms with Crippen molar-refractivity contribution in [1.29, 1.82) is 0 Å². The normalized spacial score (nSPS) is 16.6. The Morgan fingerprint density at radius 3 is 2.83 bits per heavy atom. The monoisotopic (exact) mass is 305 g/mol. The predicted octanol–water partition coefficient (Wildman–Crippen LogP) is 2.97. The lowest BCUT2D eigenvalue weighted by molar-refractivity contribution is 0.238. The first-order chi connectivity index (χ1) is 11.4. The zero-order valence-electron chi connectivity index (χ0n) is 12.9. The van der Waals surface area contributed by atoms with Crippen LogP contribution in [-0.2, 0) is 13.0 Å². The van der Waals surface area contributed by atoms with Gasteiger partial charge in [-0.15, -0.1) is 0 Å². The van der Waals surface area contributed by atoms with Gasteiger partial charge in [0.15, 0.2) is 0 Å². The van der Waals surface area contributed by atoms with Gasteiger partial charge in [-0.2, -0.15) is 5.10 Å². The molecule has 0 saturated heterocycles. The van der Waals surface area contributed by atoms with Gasteiger partial charge in [-0.25, -0.2) is 4.68 Å². The van der Waals surface area contributed by atoms with E-state index in [-0.39, 0.29) is 0 Å². The lowest BCUT2D eigenvalue weighted by Gasteiger charge is -2.25. The minimum absolute atomic E-state index is 0.338. The number of nitrogens with zero attached hydrogens (tertiary/aromatic N) is 2. The molecule has 0 saturated carbocycles. The minimum Gasteiger partial charge on any atom is -0.492 e. The van der Waals surface area contributed by atoms with E-state index in [0.29, 0.717) is 12.6 Å². The summed E-state index contributed by atoms with van der Waals surface area (Å²) in [5.41, 5.74) is 3.53. The average molecular weight is 305 g/mol. The molecule has 2 aromatic carbocycles. The Kier molecular flexibility index (Phi) is 3.82. The van der Waals surface area contributed by atoms with Crippen LogP contribution in [0.15, 0.2) is 67.0 Å². The van der Waals surface area contributed by atoms with Crippen molar-refractivity contribution in [2.45, 2.75) is 19.0 Å². The number of nitrogens with one attached hydrogen (secondary N) is 1. The Bertz CT molecular complexity index is 782. The van der Waals surface area contributed by atoms with E-state index in [4.69, 9.17) is 4.74 Å². The van der Waals surface area contributed by atoms with Gasteiger partial charge in [0.1, 0.15) is 12.4 Å². The van der Waals surface area contributed by atoms with Gasteiger partial charge in [0.05, 0.1) is 11.9 Å². The molecule has 2 heterocycles. The van der Waals surface area contributed by atoms with Crippen LogP contribution in [0.2, 0.25) is 0 Å². The summed E-state index contributed by atoms with van der Waals surface area (Å²) < 4.78 is 7.72. The summed E-state index contributed by atoms with van der Waals surface area (Å²) in [5.74, 6) is 1.02. The summed E-state index contributed by atoms with van der Waals surface area (Å²) in [6.45, 7) is 1.51. The summed E-state index contributed by atoms with van der Waals surface area (Å²) in [7, 11) is 0. The highest BCUT2D eigenvalue weighted by Crippen LogP contribution is 2.24. The molecule has 4 heteroatoms. The van der Waals surface area contributed by atoms with Gasteiger partial charge in [0.25, 0.3) is 0 Å². The van der Waals surface area contributed by atoms with Gasteiger partial charge in [0.2, 0.25) is 0 Å². The van der Waals surface area contributed by atoms with Gasteiger partial charge in [-0.05, 0) is 30.2 Å². The molecule has 0 amide bonds. The highest BCUT2D eigenvalue weighted by atomic mass is 16.5. The molecule has 1 aromatic heterocycles. The molecule has 0 bridgehead atoms. The molecule has 0 spiro atoms. The third-order valence-corrected chi connectivity index (χ3v) is 4.13. The highest BCUT2D eigenvalue weighted by Gasteiger charge is 2.18. The SMILES string of the molecule is c1ccc(-n2cc(CNC3COc4ccccc4C3)cn2)cc1. The Hall–Kier alpha value is -2.59. The van der Waals surface area contributed by atoms with Crippen LogP contribution in [0.5, 0.6) is 5.75 Å². The topological polar surface area (TPSA) is 39.1 Å². The molecule has 4 rings (SSSR count). The van der Waals surface area contributed by atoms with Crippen LogP contribution in [0, 0.1) is 0 Å². The standard InChI is InChI=1S/C19H19N3O/c1-2-7-18(8-3-1)22-13-15(12-21-22)11-20-17-10-16-6-4-5-9-19(16)23-14-17/h1-9,12-13,17,20H,10-11,14H2. The molecule has 0 aliphatic carbocycles. The molecule has 23 heavy (non-hydrogen) atoms. The van der Waals surface area contributed by atoms with Crippen molar-refractivity contribution in [3.63, 3.8) is 0 Å². The lowest BCUT2D eigenvalue weighted by Crippen LogP contribution is -2.38. The third-order valence-electron chi connectivity index (χ3n) is 4.13. The van der Waals surface area contributed by atoms with Gasteiger partial charge in [-0.1, -0.05) is 36.4 Å². The second-order valence-corrected chi connectivity index (χ2v) is 5.83. The van der Waals surface area contributed by atoms with E-state index in [1.807, 2.05) is 41.2 Å². The van der Waals surface area contributed by atoms with Crippen molar-refractivity contribution in [3.05, 3.63) is 78.1 Å². The molecular formula is C19H19N3O. The third kappa shape index (κ3) is 3.12. The average Bonchev–Trinajstić information content (AvgIpc) is 3.10. The van der Waals surface area contributed by atoms with Crippen molar-refractivity contribution in [1.82, 2.24) is 15.1 Å².